The number of aryl methyl sites for hydroxylation is 1. The molecular weight excluding hydrogens is 432 g/mol. The number of allylic oxidation sites excluding steroid dienone is 1. The quantitative estimate of drug-likeness (QED) is 0.0737. The van der Waals surface area contributed by atoms with Gasteiger partial charge in [-0.3, -0.25) is 0 Å². The number of anilines is 2. The fraction of sp³-hybridized carbons (Fsp3) is 0.516. The summed E-state index contributed by atoms with van der Waals surface area (Å²) in [5.74, 6) is 0. The number of rotatable bonds is 18. The second kappa shape index (κ2) is 17.3. The zero-order valence-corrected chi connectivity index (χ0v) is 22.2. The van der Waals surface area contributed by atoms with Crippen molar-refractivity contribution in [3.8, 4) is 0 Å². The summed E-state index contributed by atoms with van der Waals surface area (Å²) in [4.78, 5) is 0.823. The number of thiocarbonyl (C=S) groups is 1. The molecule has 0 aromatic heterocycles. The van der Waals surface area contributed by atoms with Crippen LogP contribution in [-0.4, -0.2) is 4.86 Å². The maximum atomic E-state index is 5.86. The average molecular weight is 479 g/mol. The molecule has 0 spiro atoms. The summed E-state index contributed by atoms with van der Waals surface area (Å²) in [6, 6.07) is 14.3. The number of nitrogens with two attached hydrogens (primary N) is 2. The standard InChI is InChI=1S/C31H46N2S/c1-2-3-4-5-6-7-8-9-10-11-12-13-14-15-16-26-17-20-28(21-18-26)31(34)22-19-27-23-29(32)25-30(33)24-27/h17-25H,2-16,32-33H2,1H3. The molecule has 0 saturated heterocycles. The average Bonchev–Trinajstić information content (AvgIpc) is 2.82. The van der Waals surface area contributed by atoms with Gasteiger partial charge in [0.15, 0.2) is 0 Å². The molecule has 0 aliphatic carbocycles. The molecule has 2 nitrogen and oxygen atoms in total. The second-order valence-corrected chi connectivity index (χ2v) is 10.1. The van der Waals surface area contributed by atoms with Gasteiger partial charge in [0.05, 0.1) is 0 Å². The van der Waals surface area contributed by atoms with Gasteiger partial charge in [0.25, 0.3) is 0 Å². The van der Waals surface area contributed by atoms with Crippen LogP contribution in [0.15, 0.2) is 48.5 Å². The van der Waals surface area contributed by atoms with Gasteiger partial charge in [-0.05, 0) is 53.8 Å². The van der Waals surface area contributed by atoms with Gasteiger partial charge in [-0.15, -0.1) is 0 Å². The predicted octanol–water partition coefficient (Wildman–Crippen LogP) is 9.31. The van der Waals surface area contributed by atoms with Crippen molar-refractivity contribution in [1.29, 1.82) is 0 Å². The van der Waals surface area contributed by atoms with Gasteiger partial charge in [-0.25, -0.2) is 0 Å². The van der Waals surface area contributed by atoms with Crippen molar-refractivity contribution in [3.63, 3.8) is 0 Å². The van der Waals surface area contributed by atoms with Crippen molar-refractivity contribution >= 4 is 34.5 Å². The van der Waals surface area contributed by atoms with Gasteiger partial charge in [0, 0.05) is 16.2 Å². The van der Waals surface area contributed by atoms with Crippen molar-refractivity contribution in [2.24, 2.45) is 0 Å². The third-order valence-corrected chi connectivity index (χ3v) is 6.86. The Kier molecular flexibility index (Phi) is 14.3. The molecule has 2 aromatic carbocycles. The Morgan fingerprint density at radius 1 is 0.676 bits per heavy atom. The van der Waals surface area contributed by atoms with Crippen molar-refractivity contribution in [2.75, 3.05) is 11.5 Å². The van der Waals surface area contributed by atoms with E-state index in [-0.39, 0.29) is 0 Å². The summed E-state index contributed by atoms with van der Waals surface area (Å²) in [5, 5.41) is 0. The van der Waals surface area contributed by atoms with Gasteiger partial charge in [-0.1, -0.05) is 133 Å². The van der Waals surface area contributed by atoms with Gasteiger partial charge in [0.2, 0.25) is 0 Å². The van der Waals surface area contributed by atoms with E-state index in [0.717, 1.165) is 22.4 Å². The molecule has 0 fully saturated rings. The first kappa shape index (κ1) is 28.1. The lowest BCUT2D eigenvalue weighted by atomic mass is 10.0. The minimum atomic E-state index is 0.665. The topological polar surface area (TPSA) is 52.0 Å². The number of nitrogen functional groups attached to an aromatic ring is 2. The predicted molar refractivity (Wildman–Crippen MR) is 156 cm³/mol. The molecule has 186 valence electrons. The number of hydrogen-bond acceptors (Lipinski definition) is 3. The van der Waals surface area contributed by atoms with E-state index >= 15 is 0 Å². The molecule has 2 rings (SSSR count). The third-order valence-electron chi connectivity index (χ3n) is 6.48. The zero-order valence-electron chi connectivity index (χ0n) is 21.4. The first-order valence-electron chi connectivity index (χ1n) is 13.6. The zero-order chi connectivity index (χ0) is 24.4. The van der Waals surface area contributed by atoms with Gasteiger partial charge >= 0.3 is 0 Å². The van der Waals surface area contributed by atoms with Crippen LogP contribution in [0.4, 0.5) is 11.4 Å². The molecule has 0 saturated carbocycles. The van der Waals surface area contributed by atoms with Gasteiger partial charge < -0.3 is 11.5 Å². The number of unbranched alkanes of at least 4 members (excludes halogenated alkanes) is 13. The Morgan fingerprint density at radius 3 is 1.65 bits per heavy atom. The Bertz CT molecular complexity index is 834. The Balaban J connectivity index is 1.53. The van der Waals surface area contributed by atoms with Crippen LogP contribution >= 0.6 is 12.2 Å². The van der Waals surface area contributed by atoms with Crippen molar-refractivity contribution in [3.05, 3.63) is 65.2 Å². The smallest absolute Gasteiger partial charge is 0.0449 e. The van der Waals surface area contributed by atoms with E-state index in [9.17, 15) is 0 Å². The van der Waals surface area contributed by atoms with Crippen LogP contribution in [0.5, 0.6) is 0 Å². The Hall–Kier alpha value is -2.13. The SMILES string of the molecule is CCCCCCCCCCCCCCCCc1ccc(C(=S)C=Cc2cc(N)cc(N)c2)cc1. The summed E-state index contributed by atoms with van der Waals surface area (Å²) in [7, 11) is 0. The van der Waals surface area contributed by atoms with Crippen LogP contribution in [0, 0.1) is 0 Å². The van der Waals surface area contributed by atoms with Crippen LogP contribution < -0.4 is 11.5 Å². The molecular formula is C31H46N2S. The highest BCUT2D eigenvalue weighted by molar-refractivity contribution is 7.81. The molecule has 34 heavy (non-hydrogen) atoms. The van der Waals surface area contributed by atoms with Crippen LogP contribution in [0.25, 0.3) is 6.08 Å². The lowest BCUT2D eigenvalue weighted by molar-refractivity contribution is 0.535. The van der Waals surface area contributed by atoms with Gasteiger partial charge in [-0.2, -0.15) is 0 Å². The Morgan fingerprint density at radius 2 is 1.15 bits per heavy atom. The van der Waals surface area contributed by atoms with Crippen LogP contribution in [0.1, 0.15) is 114 Å². The minimum absolute atomic E-state index is 0.665. The van der Waals surface area contributed by atoms with Crippen LogP contribution in [0.3, 0.4) is 0 Å². The number of benzene rings is 2. The lowest BCUT2D eigenvalue weighted by Crippen LogP contribution is -1.94. The maximum Gasteiger partial charge on any atom is 0.0449 e. The molecule has 0 aliphatic rings. The summed E-state index contributed by atoms with van der Waals surface area (Å²) in [5.41, 5.74) is 16.5. The first-order chi connectivity index (χ1) is 16.6. The molecule has 0 bridgehead atoms. The van der Waals surface area contributed by atoms with Crippen molar-refractivity contribution in [1.82, 2.24) is 0 Å². The van der Waals surface area contributed by atoms with E-state index in [4.69, 9.17) is 23.7 Å². The summed E-state index contributed by atoms with van der Waals surface area (Å²) in [6.07, 6.45) is 24.7. The molecule has 3 heteroatoms. The van der Waals surface area contributed by atoms with Crippen molar-refractivity contribution in [2.45, 2.75) is 103 Å². The van der Waals surface area contributed by atoms with E-state index in [1.54, 1.807) is 6.07 Å². The monoisotopic (exact) mass is 478 g/mol. The fourth-order valence-corrected chi connectivity index (χ4v) is 4.63. The van der Waals surface area contributed by atoms with E-state index < -0.39 is 0 Å². The molecule has 0 atom stereocenters. The summed E-state index contributed by atoms with van der Waals surface area (Å²) < 4.78 is 0. The fourth-order valence-electron chi connectivity index (χ4n) is 4.43. The van der Waals surface area contributed by atoms with E-state index in [2.05, 4.69) is 31.2 Å². The van der Waals surface area contributed by atoms with Crippen LogP contribution in [-0.2, 0) is 6.42 Å². The largest absolute Gasteiger partial charge is 0.399 e. The highest BCUT2D eigenvalue weighted by atomic mass is 32.1. The molecule has 4 N–H and O–H groups in total. The van der Waals surface area contributed by atoms with E-state index in [1.165, 1.54) is 95.5 Å². The lowest BCUT2D eigenvalue weighted by Gasteiger charge is -2.05. The van der Waals surface area contributed by atoms with Crippen molar-refractivity contribution < 1.29 is 0 Å². The molecule has 2 aromatic rings. The van der Waals surface area contributed by atoms with Crippen LogP contribution in [0.2, 0.25) is 0 Å². The highest BCUT2D eigenvalue weighted by Gasteiger charge is 2.00. The first-order valence-corrected chi connectivity index (χ1v) is 14.0. The minimum Gasteiger partial charge on any atom is -0.399 e. The third kappa shape index (κ3) is 12.4. The Labute approximate surface area is 214 Å². The molecule has 0 amide bonds. The molecule has 0 heterocycles. The van der Waals surface area contributed by atoms with Gasteiger partial charge in [0.1, 0.15) is 0 Å². The molecule has 0 unspecified atom stereocenters. The highest BCUT2D eigenvalue weighted by Crippen LogP contribution is 2.17. The number of hydrogen-bond donors (Lipinski definition) is 2. The normalized spacial score (nSPS) is 11.3. The van der Waals surface area contributed by atoms with E-state index in [0.29, 0.717) is 11.4 Å². The summed E-state index contributed by atoms with van der Waals surface area (Å²) >= 11 is 5.58. The second-order valence-electron chi connectivity index (χ2n) is 9.67. The molecule has 0 radical (unpaired) electrons. The summed E-state index contributed by atoms with van der Waals surface area (Å²) in [6.45, 7) is 2.29. The molecule has 0 aliphatic heterocycles. The van der Waals surface area contributed by atoms with E-state index in [1.807, 2.05) is 24.3 Å². The maximum absolute atomic E-state index is 5.86.